The molecule has 142 valence electrons. The largest absolute Gasteiger partial charge is 0.378 e. The fraction of sp³-hybridized carbons (Fsp3) is 0.700. The van der Waals surface area contributed by atoms with Crippen molar-refractivity contribution in [2.75, 3.05) is 53.0 Å². The summed E-state index contributed by atoms with van der Waals surface area (Å²) in [7, 11) is 2.13. The Bertz CT molecular complexity index is 609. The molecule has 1 aromatic heterocycles. The highest BCUT2D eigenvalue weighted by molar-refractivity contribution is 5.82. The molecule has 0 N–H and O–H groups in total. The Labute approximate surface area is 156 Å². The van der Waals surface area contributed by atoms with Gasteiger partial charge in [0.1, 0.15) is 0 Å². The minimum atomic E-state index is 0.0554. The molecule has 3 aliphatic rings. The minimum Gasteiger partial charge on any atom is -0.378 e. The summed E-state index contributed by atoms with van der Waals surface area (Å²) in [5.74, 6) is 0.312. The summed E-state index contributed by atoms with van der Waals surface area (Å²) in [4.78, 5) is 23.9. The maximum atomic E-state index is 13.0. The third-order valence-corrected chi connectivity index (χ3v) is 6.42. The van der Waals surface area contributed by atoms with E-state index in [-0.39, 0.29) is 6.04 Å². The quantitative estimate of drug-likeness (QED) is 0.813. The van der Waals surface area contributed by atoms with Gasteiger partial charge in [-0.15, -0.1) is 0 Å². The van der Waals surface area contributed by atoms with Gasteiger partial charge in [0, 0.05) is 38.6 Å². The summed E-state index contributed by atoms with van der Waals surface area (Å²) in [5, 5.41) is 0. The van der Waals surface area contributed by atoms with E-state index in [4.69, 9.17) is 4.74 Å². The first kappa shape index (κ1) is 17.9. The molecular weight excluding hydrogens is 328 g/mol. The Morgan fingerprint density at radius 3 is 2.58 bits per heavy atom. The predicted molar refractivity (Wildman–Crippen MR) is 99.6 cm³/mol. The van der Waals surface area contributed by atoms with Crippen LogP contribution in [0.1, 0.15) is 24.8 Å². The predicted octanol–water partition coefficient (Wildman–Crippen LogP) is 1.23. The van der Waals surface area contributed by atoms with Gasteiger partial charge in [0.15, 0.2) is 0 Å². The molecule has 1 amide bonds. The van der Waals surface area contributed by atoms with E-state index < -0.39 is 0 Å². The Balaban J connectivity index is 1.33. The van der Waals surface area contributed by atoms with Gasteiger partial charge in [0.2, 0.25) is 5.91 Å². The molecule has 4 heterocycles. The molecule has 0 bridgehead atoms. The minimum absolute atomic E-state index is 0.0554. The van der Waals surface area contributed by atoms with Gasteiger partial charge < -0.3 is 9.64 Å². The van der Waals surface area contributed by atoms with Crippen molar-refractivity contribution >= 4 is 5.91 Å². The standard InChI is InChI=1S/C20H30N4O2/c1-22-16-20(14-18(22)19(25)24-10-12-26-13-11-24)4-8-23(9-5-20)15-17-2-6-21-7-3-17/h2-3,6-7,18H,4-5,8-16H2,1H3. The third kappa shape index (κ3) is 3.77. The normalized spacial score (nSPS) is 27.1. The highest BCUT2D eigenvalue weighted by Gasteiger charge is 2.47. The molecule has 3 aliphatic heterocycles. The Morgan fingerprint density at radius 1 is 1.19 bits per heavy atom. The van der Waals surface area contributed by atoms with Gasteiger partial charge in [0.05, 0.1) is 19.3 Å². The van der Waals surface area contributed by atoms with E-state index in [0.29, 0.717) is 24.5 Å². The van der Waals surface area contributed by atoms with Crippen LogP contribution in [0.2, 0.25) is 0 Å². The topological polar surface area (TPSA) is 48.9 Å². The number of pyridine rings is 1. The number of ether oxygens (including phenoxy) is 1. The summed E-state index contributed by atoms with van der Waals surface area (Å²) < 4.78 is 5.39. The third-order valence-electron chi connectivity index (χ3n) is 6.42. The fourth-order valence-electron chi connectivity index (χ4n) is 4.83. The van der Waals surface area contributed by atoms with E-state index in [2.05, 4.69) is 34.0 Å². The van der Waals surface area contributed by atoms with Gasteiger partial charge in [-0.1, -0.05) is 0 Å². The van der Waals surface area contributed by atoms with Gasteiger partial charge in [-0.3, -0.25) is 19.6 Å². The van der Waals surface area contributed by atoms with Crippen LogP contribution < -0.4 is 0 Å². The molecule has 26 heavy (non-hydrogen) atoms. The molecule has 0 saturated carbocycles. The van der Waals surface area contributed by atoms with Crippen molar-refractivity contribution in [3.8, 4) is 0 Å². The van der Waals surface area contributed by atoms with Crippen molar-refractivity contribution in [3.05, 3.63) is 30.1 Å². The van der Waals surface area contributed by atoms with Gasteiger partial charge in [-0.2, -0.15) is 0 Å². The van der Waals surface area contributed by atoms with Crippen LogP contribution in [0.4, 0.5) is 0 Å². The molecule has 3 saturated heterocycles. The van der Waals surface area contributed by atoms with Crippen LogP contribution >= 0.6 is 0 Å². The van der Waals surface area contributed by atoms with Gasteiger partial charge in [-0.05, 0) is 62.5 Å². The molecule has 6 nitrogen and oxygen atoms in total. The lowest BCUT2D eigenvalue weighted by Crippen LogP contribution is -2.48. The van der Waals surface area contributed by atoms with Crippen molar-refractivity contribution in [2.24, 2.45) is 5.41 Å². The lowest BCUT2D eigenvalue weighted by molar-refractivity contribution is -0.139. The van der Waals surface area contributed by atoms with Gasteiger partial charge in [-0.25, -0.2) is 0 Å². The van der Waals surface area contributed by atoms with E-state index in [0.717, 1.165) is 45.7 Å². The molecule has 6 heteroatoms. The van der Waals surface area contributed by atoms with Gasteiger partial charge >= 0.3 is 0 Å². The van der Waals surface area contributed by atoms with Crippen molar-refractivity contribution in [1.82, 2.24) is 19.7 Å². The van der Waals surface area contributed by atoms with Crippen molar-refractivity contribution in [2.45, 2.75) is 31.8 Å². The van der Waals surface area contributed by atoms with E-state index in [1.165, 1.54) is 18.4 Å². The molecule has 1 aromatic rings. The first-order valence-corrected chi connectivity index (χ1v) is 9.83. The number of rotatable bonds is 3. The second-order valence-electron chi connectivity index (χ2n) is 8.20. The summed E-state index contributed by atoms with van der Waals surface area (Å²) >= 11 is 0. The molecule has 1 spiro atoms. The van der Waals surface area contributed by atoms with Crippen LogP contribution in [0.25, 0.3) is 0 Å². The molecule has 1 unspecified atom stereocenters. The van der Waals surface area contributed by atoms with Crippen LogP contribution in [0.15, 0.2) is 24.5 Å². The van der Waals surface area contributed by atoms with Crippen LogP contribution in [-0.4, -0.2) is 84.6 Å². The number of carbonyl (C=O) groups excluding carboxylic acids is 1. The molecule has 0 radical (unpaired) electrons. The van der Waals surface area contributed by atoms with Gasteiger partial charge in [0.25, 0.3) is 0 Å². The molecule has 3 fully saturated rings. The lowest BCUT2D eigenvalue weighted by Gasteiger charge is -2.39. The Kier molecular flexibility index (Phi) is 5.25. The van der Waals surface area contributed by atoms with Crippen molar-refractivity contribution in [3.63, 3.8) is 0 Å². The zero-order valence-electron chi connectivity index (χ0n) is 15.8. The van der Waals surface area contributed by atoms with E-state index in [1.54, 1.807) is 0 Å². The average molecular weight is 358 g/mol. The van der Waals surface area contributed by atoms with Crippen molar-refractivity contribution in [1.29, 1.82) is 0 Å². The molecule has 0 aliphatic carbocycles. The SMILES string of the molecule is CN1CC2(CCN(Cc3ccncc3)CC2)CC1C(=O)N1CCOCC1. The maximum Gasteiger partial charge on any atom is 0.240 e. The average Bonchev–Trinajstić information content (AvgIpc) is 3.01. The van der Waals surface area contributed by atoms with Crippen LogP contribution in [0, 0.1) is 5.41 Å². The summed E-state index contributed by atoms with van der Waals surface area (Å²) in [6.07, 6.45) is 7.14. The van der Waals surface area contributed by atoms with E-state index in [1.807, 2.05) is 17.3 Å². The second kappa shape index (κ2) is 7.62. The van der Waals surface area contributed by atoms with E-state index in [9.17, 15) is 4.79 Å². The summed E-state index contributed by atoms with van der Waals surface area (Å²) in [6, 6.07) is 4.26. The molecule has 1 atom stereocenters. The fourth-order valence-corrected chi connectivity index (χ4v) is 4.83. The highest BCUT2D eigenvalue weighted by Crippen LogP contribution is 2.43. The second-order valence-corrected chi connectivity index (χ2v) is 8.20. The Hall–Kier alpha value is -1.50. The van der Waals surface area contributed by atoms with Crippen LogP contribution in [0.5, 0.6) is 0 Å². The zero-order chi connectivity index (χ0) is 18.0. The Morgan fingerprint density at radius 2 is 1.88 bits per heavy atom. The van der Waals surface area contributed by atoms with Crippen molar-refractivity contribution < 1.29 is 9.53 Å². The zero-order valence-corrected chi connectivity index (χ0v) is 15.8. The number of hydrogen-bond acceptors (Lipinski definition) is 5. The molecule has 4 rings (SSSR count). The maximum absolute atomic E-state index is 13.0. The number of morpholine rings is 1. The number of nitrogens with zero attached hydrogens (tertiary/aromatic N) is 4. The number of aromatic nitrogens is 1. The highest BCUT2D eigenvalue weighted by atomic mass is 16.5. The smallest absolute Gasteiger partial charge is 0.240 e. The first-order chi connectivity index (χ1) is 12.7. The first-order valence-electron chi connectivity index (χ1n) is 9.83. The van der Waals surface area contributed by atoms with Crippen LogP contribution in [-0.2, 0) is 16.1 Å². The molecule has 0 aromatic carbocycles. The number of carbonyl (C=O) groups is 1. The summed E-state index contributed by atoms with van der Waals surface area (Å²) in [5.41, 5.74) is 1.65. The number of hydrogen-bond donors (Lipinski definition) is 0. The number of piperidine rings is 1. The monoisotopic (exact) mass is 358 g/mol. The van der Waals surface area contributed by atoms with E-state index >= 15 is 0 Å². The van der Waals surface area contributed by atoms with Crippen LogP contribution in [0.3, 0.4) is 0 Å². The molecular formula is C20H30N4O2. The number of likely N-dealkylation sites (tertiary alicyclic amines) is 2. The lowest BCUT2D eigenvalue weighted by atomic mass is 9.76. The summed E-state index contributed by atoms with van der Waals surface area (Å²) in [6.45, 7) is 7.14. The number of likely N-dealkylation sites (N-methyl/N-ethyl adjacent to an activating group) is 1. The number of amides is 1.